The smallest absolute Gasteiger partial charge is 0.254 e. The van der Waals surface area contributed by atoms with E-state index in [-0.39, 0.29) is 46.8 Å². The molecule has 2 saturated heterocycles. The predicted octanol–water partition coefficient (Wildman–Crippen LogP) is 7.13. The standard InChI is InChI=1S/C18H24N3O4PS.C17H24N3O4PS/c1-11-10-21(16(27)20-14(11)22)13-9-18(25-26(4)23-6-5-19-3)8-12-7-17(12,2)15(18)24-13;1-11-5-6-17(24-25(4)22-8-7-18-3)9-13(23-14(11)17)20-10-12(2)15(21)19-16(20)26/h10,12-13,15H,5-9H2,1-2,4H3,(H,20,22,27);10-11,13-14H,5-9H2,1-2,4H3,(H,19,21,26)/t12-,13+,15+,17-,18-,26?;11?,13-,14-,17+,25?/m01/s1. The van der Waals surface area contributed by atoms with Gasteiger partial charge in [0.1, 0.15) is 36.9 Å². The van der Waals surface area contributed by atoms with Crippen LogP contribution in [0.2, 0.25) is 0 Å². The van der Waals surface area contributed by atoms with Gasteiger partial charge in [-0.1, -0.05) is 13.8 Å². The molecule has 0 radical (unpaired) electrons. The Kier molecular flexibility index (Phi) is 12.3. The SMILES string of the molecule is [C-]#[N+]CCOP(C)O[C@]12CCC(C)[C@H]1O[C@@H](n1cc(C)c(=O)[nH]c1=S)C2.[C-]#[N+]CCOP(C)O[C@]12C[C@@H]3C[C@]3(C)[C@H]1O[C@@H](n1cc(C)c(=O)[nH]c1=S)C2. The van der Waals surface area contributed by atoms with Gasteiger partial charge in [0.05, 0.1) is 12.2 Å². The molecule has 53 heavy (non-hydrogen) atoms. The van der Waals surface area contributed by atoms with Gasteiger partial charge in [0.2, 0.25) is 13.1 Å². The van der Waals surface area contributed by atoms with Crippen LogP contribution >= 0.6 is 41.2 Å². The second-order valence-corrected chi connectivity index (χ2v) is 18.5. The molecule has 2 aliphatic heterocycles. The van der Waals surface area contributed by atoms with Crippen LogP contribution in [0, 0.1) is 53.8 Å². The number of nitrogens with zero attached hydrogens (tertiary/aromatic N) is 4. The van der Waals surface area contributed by atoms with E-state index in [0.717, 1.165) is 25.7 Å². The molecule has 5 aliphatic rings. The Morgan fingerprint density at radius 1 is 0.868 bits per heavy atom. The molecule has 5 fully saturated rings. The van der Waals surface area contributed by atoms with E-state index in [4.69, 9.17) is 65.1 Å². The van der Waals surface area contributed by atoms with Gasteiger partial charge < -0.3 is 37.3 Å². The summed E-state index contributed by atoms with van der Waals surface area (Å²) in [4.78, 5) is 35.6. The van der Waals surface area contributed by atoms with Crippen molar-refractivity contribution in [2.45, 2.75) is 102 Å². The molecule has 4 heterocycles. The summed E-state index contributed by atoms with van der Waals surface area (Å²) in [5.41, 5.74) is 0.216. The van der Waals surface area contributed by atoms with Gasteiger partial charge >= 0.3 is 0 Å². The lowest BCUT2D eigenvalue weighted by Crippen LogP contribution is -2.40. The lowest BCUT2D eigenvalue weighted by atomic mass is 9.89. The van der Waals surface area contributed by atoms with Crippen molar-refractivity contribution in [2.75, 3.05) is 39.6 Å². The molecule has 7 rings (SSSR count). The molecule has 0 spiro atoms. The van der Waals surface area contributed by atoms with Gasteiger partial charge in [-0.2, -0.15) is 0 Å². The average molecular weight is 807 g/mol. The zero-order chi connectivity index (χ0) is 38.3. The van der Waals surface area contributed by atoms with E-state index in [9.17, 15) is 9.59 Å². The summed E-state index contributed by atoms with van der Waals surface area (Å²) in [5, 5.41) is 0. The summed E-state index contributed by atoms with van der Waals surface area (Å²) < 4.78 is 41.5. The van der Waals surface area contributed by atoms with E-state index in [1.54, 1.807) is 26.2 Å². The van der Waals surface area contributed by atoms with E-state index in [2.05, 4.69) is 33.5 Å². The molecule has 3 aliphatic carbocycles. The summed E-state index contributed by atoms with van der Waals surface area (Å²) in [5.74, 6) is 1.00. The maximum atomic E-state index is 11.8. The molecule has 3 saturated carbocycles. The second-order valence-electron chi connectivity index (χ2n) is 15.1. The van der Waals surface area contributed by atoms with Crippen LogP contribution in [0.5, 0.6) is 0 Å². The van der Waals surface area contributed by atoms with E-state index in [1.807, 2.05) is 22.5 Å². The van der Waals surface area contributed by atoms with Crippen molar-refractivity contribution in [1.82, 2.24) is 19.1 Å². The second kappa shape index (κ2) is 16.1. The third-order valence-corrected chi connectivity index (χ3v) is 14.3. The van der Waals surface area contributed by atoms with E-state index in [1.165, 1.54) is 0 Å². The summed E-state index contributed by atoms with van der Waals surface area (Å²) in [6.45, 7) is 27.0. The number of rotatable bonds is 12. The van der Waals surface area contributed by atoms with Gasteiger partial charge in [-0.15, -0.1) is 0 Å². The number of H-pyrrole nitrogens is 2. The lowest BCUT2D eigenvalue weighted by Gasteiger charge is -2.33. The van der Waals surface area contributed by atoms with Gasteiger partial charge in [0, 0.05) is 49.7 Å². The van der Waals surface area contributed by atoms with Crippen LogP contribution in [0.4, 0.5) is 0 Å². The van der Waals surface area contributed by atoms with Gasteiger partial charge in [-0.05, 0) is 81.2 Å². The summed E-state index contributed by atoms with van der Waals surface area (Å²) in [7, 11) is -2.18. The minimum atomic E-state index is -1.09. The van der Waals surface area contributed by atoms with Crippen LogP contribution in [0.25, 0.3) is 9.69 Å². The third-order valence-electron chi connectivity index (χ3n) is 11.3. The van der Waals surface area contributed by atoms with Gasteiger partial charge in [0.25, 0.3) is 11.1 Å². The van der Waals surface area contributed by atoms with E-state index in [0.29, 0.717) is 71.6 Å². The highest BCUT2D eigenvalue weighted by atomic mass is 32.1. The Morgan fingerprint density at radius 2 is 1.38 bits per heavy atom. The van der Waals surface area contributed by atoms with Crippen molar-refractivity contribution in [3.63, 3.8) is 0 Å². The first-order chi connectivity index (χ1) is 25.1. The van der Waals surface area contributed by atoms with Crippen molar-refractivity contribution in [1.29, 1.82) is 0 Å². The Labute approximate surface area is 322 Å². The predicted molar refractivity (Wildman–Crippen MR) is 206 cm³/mol. The maximum absolute atomic E-state index is 11.8. The highest BCUT2D eigenvalue weighted by Crippen LogP contribution is 2.73. The summed E-state index contributed by atoms with van der Waals surface area (Å²) >= 11 is 10.7. The number of aryl methyl sites for hydroxylation is 2. The topological polar surface area (TPSA) is 140 Å². The maximum Gasteiger partial charge on any atom is 0.254 e. The van der Waals surface area contributed by atoms with Crippen LogP contribution in [-0.2, 0) is 27.6 Å². The molecular weight excluding hydrogens is 759 g/mol. The zero-order valence-electron chi connectivity index (χ0n) is 31.0. The molecule has 288 valence electrons. The Bertz CT molecular complexity index is 2010. The van der Waals surface area contributed by atoms with Crippen molar-refractivity contribution in [3.8, 4) is 0 Å². The fraction of sp³-hybridized carbons (Fsp3) is 0.714. The molecular formula is C35H48N6O8P2S2. The van der Waals surface area contributed by atoms with Crippen LogP contribution in [0.3, 0.4) is 0 Å². The molecule has 0 amide bonds. The quantitative estimate of drug-likeness (QED) is 0.0986. The Balaban J connectivity index is 0.000000182. The number of nitrogens with one attached hydrogen (secondary N) is 2. The van der Waals surface area contributed by atoms with Gasteiger partial charge in [-0.3, -0.25) is 28.7 Å². The molecule has 2 N–H and O–H groups in total. The first-order valence-corrected chi connectivity index (χ1v) is 21.9. The number of ether oxygens (including phenoxy) is 2. The van der Waals surface area contributed by atoms with Crippen LogP contribution in [0.1, 0.15) is 76.0 Å². The number of hydrogen-bond acceptors (Lipinski definition) is 10. The Hall–Kier alpha value is -2.20. The number of aromatic nitrogens is 4. The summed E-state index contributed by atoms with van der Waals surface area (Å²) in [6.07, 6.45) is 8.37. The zero-order valence-corrected chi connectivity index (χ0v) is 34.4. The fourth-order valence-corrected chi connectivity index (χ4v) is 11.5. The third kappa shape index (κ3) is 8.20. The number of fused-ring (bicyclic) bond motifs is 4. The largest absolute Gasteiger partial charge is 0.351 e. The molecule has 2 aromatic rings. The minimum absolute atomic E-state index is 0.0106. The van der Waals surface area contributed by atoms with Crippen LogP contribution in [0.15, 0.2) is 22.0 Å². The molecule has 3 unspecified atom stereocenters. The highest BCUT2D eigenvalue weighted by Gasteiger charge is 2.74. The number of aromatic amines is 2. The van der Waals surface area contributed by atoms with Crippen LogP contribution < -0.4 is 11.1 Å². The first-order valence-electron chi connectivity index (χ1n) is 17.9. The molecule has 0 aromatic carbocycles. The highest BCUT2D eigenvalue weighted by molar-refractivity contribution is 7.71. The van der Waals surface area contributed by atoms with Crippen molar-refractivity contribution in [2.24, 2.45) is 17.3 Å². The minimum Gasteiger partial charge on any atom is -0.351 e. The molecule has 11 atom stereocenters. The molecule has 0 bridgehead atoms. The van der Waals surface area contributed by atoms with Gasteiger partial charge in [0.15, 0.2) is 26.3 Å². The van der Waals surface area contributed by atoms with Gasteiger partial charge in [-0.25, -0.2) is 13.1 Å². The molecule has 2 aromatic heterocycles. The van der Waals surface area contributed by atoms with Crippen molar-refractivity contribution < 1.29 is 27.6 Å². The van der Waals surface area contributed by atoms with Crippen molar-refractivity contribution in [3.05, 3.63) is 76.6 Å². The average Bonchev–Trinajstić information content (AvgIpc) is 3.39. The fourth-order valence-electron chi connectivity index (χ4n) is 8.65. The normalized spacial score (nSPS) is 34.6. The van der Waals surface area contributed by atoms with Crippen molar-refractivity contribution >= 4 is 41.2 Å². The lowest BCUT2D eigenvalue weighted by molar-refractivity contribution is -0.0652. The first kappa shape index (κ1) is 40.5. The molecule has 18 heteroatoms. The number of hydrogen-bond donors (Lipinski definition) is 2. The monoisotopic (exact) mass is 806 g/mol. The van der Waals surface area contributed by atoms with E-state index >= 15 is 0 Å². The Morgan fingerprint density at radius 3 is 1.92 bits per heavy atom. The van der Waals surface area contributed by atoms with Crippen LogP contribution in [-0.4, -0.2) is 82.1 Å². The summed E-state index contributed by atoms with van der Waals surface area (Å²) in [6, 6.07) is 0. The molecule has 14 nitrogen and oxygen atoms in total. The van der Waals surface area contributed by atoms with E-state index < -0.39 is 22.4 Å².